The maximum atomic E-state index is 12.5. The minimum atomic E-state index is -4.43. The highest BCUT2D eigenvalue weighted by Crippen LogP contribution is 2.39. The van der Waals surface area contributed by atoms with Gasteiger partial charge in [0.15, 0.2) is 6.61 Å². The van der Waals surface area contributed by atoms with E-state index in [4.69, 9.17) is 9.47 Å². The molecule has 2 saturated heterocycles. The van der Waals surface area contributed by atoms with Gasteiger partial charge >= 0.3 is 12.2 Å². The number of nitrogens with zero attached hydrogens (tertiary/aromatic N) is 3. The van der Waals surface area contributed by atoms with Gasteiger partial charge in [0.2, 0.25) is 5.88 Å². The third-order valence-corrected chi connectivity index (χ3v) is 5.20. The Hall–Kier alpha value is -2.09. The topological polar surface area (TPSA) is 47.5 Å². The van der Waals surface area contributed by atoms with Crippen molar-refractivity contribution in [3.8, 4) is 11.9 Å². The number of alkyl halides is 3. The van der Waals surface area contributed by atoms with Gasteiger partial charge in [-0.05, 0) is 50.9 Å². The largest absolute Gasteiger partial charge is 0.467 e. The van der Waals surface area contributed by atoms with Gasteiger partial charge in [0.1, 0.15) is 6.61 Å². The summed E-state index contributed by atoms with van der Waals surface area (Å²) >= 11 is 0. The van der Waals surface area contributed by atoms with E-state index in [0.717, 1.165) is 38.8 Å². The smallest absolute Gasteiger partial charge is 0.422 e. The van der Waals surface area contributed by atoms with Gasteiger partial charge in [-0.3, -0.25) is 4.90 Å². The molecular weight excluding hydrogens is 347 g/mol. The molecule has 2 fully saturated rings. The van der Waals surface area contributed by atoms with E-state index >= 15 is 0 Å². The number of aromatic nitrogens is 2. The highest BCUT2D eigenvalue weighted by molar-refractivity contribution is 5.83. The number of rotatable bonds is 5. The molecule has 0 radical (unpaired) electrons. The van der Waals surface area contributed by atoms with E-state index in [1.807, 2.05) is 0 Å². The molecule has 26 heavy (non-hydrogen) atoms. The lowest BCUT2D eigenvalue weighted by Crippen LogP contribution is -2.43. The maximum absolute atomic E-state index is 12.5. The molecule has 0 amide bonds. The van der Waals surface area contributed by atoms with Gasteiger partial charge in [-0.25, -0.2) is 0 Å². The summed E-state index contributed by atoms with van der Waals surface area (Å²) in [6, 6.07) is 6.88. The zero-order valence-electron chi connectivity index (χ0n) is 14.3. The lowest BCUT2D eigenvalue weighted by Gasteiger charge is -2.31. The second kappa shape index (κ2) is 6.57. The molecule has 0 aliphatic carbocycles. The zero-order chi connectivity index (χ0) is 18.2. The summed E-state index contributed by atoms with van der Waals surface area (Å²) in [7, 11) is 0. The van der Waals surface area contributed by atoms with Gasteiger partial charge in [-0.15, -0.1) is 0 Å². The van der Waals surface area contributed by atoms with E-state index in [9.17, 15) is 13.2 Å². The Labute approximate surface area is 149 Å². The number of ether oxygens (including phenoxy) is 2. The van der Waals surface area contributed by atoms with E-state index in [-0.39, 0.29) is 17.4 Å². The standard InChI is InChI=1S/C18H20F3N3O2/c19-18(20,21)12-25-15-13-5-1-2-6-14(13)22-16(23-15)26-11-17-7-3-9-24(17)10-4-8-17/h1-2,5-6H,3-4,7-12H2. The Morgan fingerprint density at radius 2 is 1.77 bits per heavy atom. The van der Waals surface area contributed by atoms with Crippen LogP contribution in [-0.2, 0) is 0 Å². The summed E-state index contributed by atoms with van der Waals surface area (Å²) in [6.45, 7) is 1.19. The summed E-state index contributed by atoms with van der Waals surface area (Å²) in [5.74, 6) is -0.102. The van der Waals surface area contributed by atoms with E-state index < -0.39 is 12.8 Å². The van der Waals surface area contributed by atoms with Gasteiger partial charge in [0, 0.05) is 0 Å². The van der Waals surface area contributed by atoms with E-state index in [2.05, 4.69) is 14.9 Å². The number of halogens is 3. The molecule has 1 aromatic carbocycles. The summed E-state index contributed by atoms with van der Waals surface area (Å²) in [4.78, 5) is 10.9. The summed E-state index contributed by atoms with van der Waals surface area (Å²) < 4.78 is 48.4. The highest BCUT2D eigenvalue weighted by atomic mass is 19.4. The number of benzene rings is 1. The number of hydrogen-bond acceptors (Lipinski definition) is 5. The van der Waals surface area contributed by atoms with Gasteiger partial charge in [-0.2, -0.15) is 23.1 Å². The SMILES string of the molecule is FC(F)(F)COc1nc(OCC23CCCN2CCC3)nc2ccccc12. The molecule has 2 aromatic rings. The number of para-hydroxylation sites is 1. The molecule has 0 spiro atoms. The second-order valence-electron chi connectivity index (χ2n) is 6.94. The number of fused-ring (bicyclic) bond motifs is 2. The van der Waals surface area contributed by atoms with E-state index in [1.54, 1.807) is 24.3 Å². The first-order chi connectivity index (χ1) is 12.5. The monoisotopic (exact) mass is 367 g/mol. The predicted molar refractivity (Wildman–Crippen MR) is 89.4 cm³/mol. The molecule has 1 aromatic heterocycles. The van der Waals surface area contributed by atoms with Crippen LogP contribution in [0.4, 0.5) is 13.2 Å². The lowest BCUT2D eigenvalue weighted by molar-refractivity contribution is -0.153. The van der Waals surface area contributed by atoms with Crippen LogP contribution in [0, 0.1) is 0 Å². The fourth-order valence-electron chi connectivity index (χ4n) is 4.01. The summed E-state index contributed by atoms with van der Waals surface area (Å²) in [5, 5.41) is 0.436. The molecule has 8 heteroatoms. The molecule has 0 bridgehead atoms. The van der Waals surface area contributed by atoms with Crippen molar-refractivity contribution in [2.24, 2.45) is 0 Å². The van der Waals surface area contributed by atoms with Crippen LogP contribution in [0.2, 0.25) is 0 Å². The van der Waals surface area contributed by atoms with Gasteiger partial charge in [0.05, 0.1) is 16.4 Å². The molecule has 0 N–H and O–H groups in total. The molecule has 140 valence electrons. The molecule has 0 saturated carbocycles. The van der Waals surface area contributed by atoms with Crippen LogP contribution in [0.3, 0.4) is 0 Å². The van der Waals surface area contributed by atoms with E-state index in [0.29, 0.717) is 17.5 Å². The van der Waals surface area contributed by atoms with Crippen LogP contribution >= 0.6 is 0 Å². The first-order valence-corrected chi connectivity index (χ1v) is 8.79. The zero-order valence-corrected chi connectivity index (χ0v) is 14.3. The van der Waals surface area contributed by atoms with Crippen LogP contribution in [-0.4, -0.2) is 52.9 Å². The molecule has 3 heterocycles. The van der Waals surface area contributed by atoms with Crippen LogP contribution in [0.5, 0.6) is 11.9 Å². The average molecular weight is 367 g/mol. The Balaban J connectivity index is 1.57. The number of hydrogen-bond donors (Lipinski definition) is 0. The van der Waals surface area contributed by atoms with Gasteiger partial charge in [0.25, 0.3) is 0 Å². The first kappa shape index (κ1) is 17.3. The Bertz CT molecular complexity index is 787. The fourth-order valence-corrected chi connectivity index (χ4v) is 4.01. The molecule has 2 aliphatic heterocycles. The first-order valence-electron chi connectivity index (χ1n) is 8.79. The summed E-state index contributed by atoms with van der Waals surface area (Å²) in [6.07, 6.45) is -0.0139. The third kappa shape index (κ3) is 3.42. The molecule has 4 rings (SSSR count). The van der Waals surface area contributed by atoms with Gasteiger partial charge < -0.3 is 9.47 Å². The molecule has 5 nitrogen and oxygen atoms in total. The lowest BCUT2D eigenvalue weighted by atomic mass is 9.95. The third-order valence-electron chi connectivity index (χ3n) is 5.20. The van der Waals surface area contributed by atoms with E-state index in [1.165, 1.54) is 0 Å². The Morgan fingerprint density at radius 1 is 1.04 bits per heavy atom. The van der Waals surface area contributed by atoms with Crippen molar-refractivity contribution in [2.75, 3.05) is 26.3 Å². The summed E-state index contributed by atoms with van der Waals surface area (Å²) in [5.41, 5.74) is 0.518. The van der Waals surface area contributed by atoms with Crippen LogP contribution in [0.15, 0.2) is 24.3 Å². The minimum absolute atomic E-state index is 0.0159. The molecular formula is C18H20F3N3O2. The average Bonchev–Trinajstić information content (AvgIpc) is 3.17. The maximum Gasteiger partial charge on any atom is 0.422 e. The van der Waals surface area contributed by atoms with Crippen molar-refractivity contribution in [1.82, 2.24) is 14.9 Å². The van der Waals surface area contributed by atoms with Crippen LogP contribution in [0.25, 0.3) is 10.9 Å². The van der Waals surface area contributed by atoms with Crippen LogP contribution in [0.1, 0.15) is 25.7 Å². The van der Waals surface area contributed by atoms with Crippen molar-refractivity contribution in [1.29, 1.82) is 0 Å². The molecule has 2 aliphatic rings. The Morgan fingerprint density at radius 3 is 2.50 bits per heavy atom. The Kier molecular flexibility index (Phi) is 4.38. The quantitative estimate of drug-likeness (QED) is 0.808. The van der Waals surface area contributed by atoms with Gasteiger partial charge in [-0.1, -0.05) is 12.1 Å². The predicted octanol–water partition coefficient (Wildman–Crippen LogP) is 3.58. The van der Waals surface area contributed by atoms with Crippen molar-refractivity contribution in [2.45, 2.75) is 37.4 Å². The normalized spacial score (nSPS) is 19.7. The van der Waals surface area contributed by atoms with Crippen molar-refractivity contribution < 1.29 is 22.6 Å². The molecule has 0 atom stereocenters. The minimum Gasteiger partial charge on any atom is -0.467 e. The second-order valence-corrected chi connectivity index (χ2v) is 6.94. The molecule has 0 unspecified atom stereocenters. The highest BCUT2D eigenvalue weighted by Gasteiger charge is 2.45. The van der Waals surface area contributed by atoms with Crippen molar-refractivity contribution >= 4 is 10.9 Å². The fraction of sp³-hybridized carbons (Fsp3) is 0.556. The van der Waals surface area contributed by atoms with Crippen molar-refractivity contribution in [3.63, 3.8) is 0 Å². The van der Waals surface area contributed by atoms with Crippen LogP contribution < -0.4 is 9.47 Å². The van der Waals surface area contributed by atoms with Crippen molar-refractivity contribution in [3.05, 3.63) is 24.3 Å².